The molecule has 0 N–H and O–H groups in total. The summed E-state index contributed by atoms with van der Waals surface area (Å²) in [5.41, 5.74) is 0.181. The van der Waals surface area contributed by atoms with Crippen molar-refractivity contribution in [1.82, 2.24) is 29.5 Å². The van der Waals surface area contributed by atoms with Gasteiger partial charge in [-0.2, -0.15) is 5.10 Å². The lowest BCUT2D eigenvalue weighted by Crippen LogP contribution is -2.64. The predicted octanol–water partition coefficient (Wildman–Crippen LogP) is 1.84. The third-order valence-electron chi connectivity index (χ3n) is 6.78. The van der Waals surface area contributed by atoms with Crippen LogP contribution < -0.4 is 0 Å². The van der Waals surface area contributed by atoms with Crippen LogP contribution in [0.25, 0.3) is 0 Å². The number of carbonyl (C=O) groups is 1. The molecule has 2 fully saturated rings. The van der Waals surface area contributed by atoms with E-state index in [-0.39, 0.29) is 11.5 Å². The molecule has 7 nitrogen and oxygen atoms in total. The number of hydrogen-bond donors (Lipinski definition) is 0. The molecule has 1 amide bonds. The molecule has 2 aliphatic rings. The second kappa shape index (κ2) is 8.69. The Bertz CT molecular complexity index is 618. The number of nitrogens with zero attached hydrogens (tertiary/aromatic N) is 6. The van der Waals surface area contributed by atoms with Crippen molar-refractivity contribution in [2.75, 3.05) is 39.8 Å². The quantitative estimate of drug-likeness (QED) is 0.758. The molecule has 0 unspecified atom stereocenters. The Morgan fingerprint density at radius 3 is 2.48 bits per heavy atom. The van der Waals surface area contributed by atoms with Crippen LogP contribution >= 0.6 is 0 Å². The standard InChI is InChI=1S/C20H36N6O/c1-5-17(6-2)19(27)25-10-8-20(9-11-25)15-24(13-12-23(20)4)14-18-21-16-22-26(18)7-3/h16-17H,5-15H2,1-4H3. The van der Waals surface area contributed by atoms with Gasteiger partial charge in [0.1, 0.15) is 12.2 Å². The summed E-state index contributed by atoms with van der Waals surface area (Å²) in [5.74, 6) is 1.61. The number of rotatable bonds is 6. The van der Waals surface area contributed by atoms with Crippen molar-refractivity contribution in [1.29, 1.82) is 0 Å². The van der Waals surface area contributed by atoms with Gasteiger partial charge < -0.3 is 4.90 Å². The molecule has 2 aliphatic heterocycles. The summed E-state index contributed by atoms with van der Waals surface area (Å²) in [7, 11) is 2.25. The highest BCUT2D eigenvalue weighted by molar-refractivity contribution is 5.78. The number of likely N-dealkylation sites (N-methyl/N-ethyl adjacent to an activating group) is 1. The van der Waals surface area contributed by atoms with Gasteiger partial charge in [-0.15, -0.1) is 0 Å². The molecule has 2 saturated heterocycles. The minimum absolute atomic E-state index is 0.181. The Balaban J connectivity index is 1.62. The van der Waals surface area contributed by atoms with Gasteiger partial charge in [0.15, 0.2) is 0 Å². The topological polar surface area (TPSA) is 57.5 Å². The molecule has 1 spiro atoms. The molecule has 0 aromatic carbocycles. The van der Waals surface area contributed by atoms with Crippen LogP contribution in [0, 0.1) is 5.92 Å². The van der Waals surface area contributed by atoms with Gasteiger partial charge in [0.2, 0.25) is 5.91 Å². The Hall–Kier alpha value is -1.47. The van der Waals surface area contributed by atoms with E-state index in [4.69, 9.17) is 0 Å². The van der Waals surface area contributed by atoms with Crippen molar-refractivity contribution in [2.45, 2.75) is 65.1 Å². The molecule has 152 valence electrons. The molecule has 0 radical (unpaired) electrons. The van der Waals surface area contributed by atoms with Crippen molar-refractivity contribution in [3.8, 4) is 0 Å². The first kappa shape index (κ1) is 20.3. The van der Waals surface area contributed by atoms with Gasteiger partial charge in [0.25, 0.3) is 0 Å². The van der Waals surface area contributed by atoms with Crippen molar-refractivity contribution in [2.24, 2.45) is 5.92 Å². The third-order valence-corrected chi connectivity index (χ3v) is 6.78. The van der Waals surface area contributed by atoms with Crippen LogP contribution in [0.5, 0.6) is 0 Å². The number of aromatic nitrogens is 3. The zero-order valence-electron chi connectivity index (χ0n) is 17.5. The maximum atomic E-state index is 12.7. The molecule has 7 heteroatoms. The van der Waals surface area contributed by atoms with Crippen LogP contribution in [0.3, 0.4) is 0 Å². The van der Waals surface area contributed by atoms with Gasteiger partial charge in [-0.25, -0.2) is 9.67 Å². The van der Waals surface area contributed by atoms with Gasteiger partial charge in [-0.05, 0) is 39.7 Å². The highest BCUT2D eigenvalue weighted by Gasteiger charge is 2.43. The van der Waals surface area contributed by atoms with Gasteiger partial charge in [0, 0.05) is 50.7 Å². The summed E-state index contributed by atoms with van der Waals surface area (Å²) >= 11 is 0. The SMILES string of the molecule is CCC(CC)C(=O)N1CCC2(CC1)CN(Cc1ncnn1CC)CCN2C. The van der Waals surface area contributed by atoms with Gasteiger partial charge in [-0.3, -0.25) is 14.6 Å². The number of likely N-dealkylation sites (tertiary alicyclic amines) is 1. The van der Waals surface area contributed by atoms with Crippen LogP contribution in [-0.4, -0.2) is 80.7 Å². The second-order valence-corrected chi connectivity index (χ2v) is 8.19. The minimum Gasteiger partial charge on any atom is -0.342 e. The molecule has 3 rings (SSSR count). The zero-order chi connectivity index (χ0) is 19.4. The van der Waals surface area contributed by atoms with E-state index in [0.717, 1.165) is 77.3 Å². The number of piperidine rings is 1. The van der Waals surface area contributed by atoms with E-state index in [1.165, 1.54) is 0 Å². The molecule has 0 atom stereocenters. The number of aryl methyl sites for hydroxylation is 1. The fourth-order valence-electron chi connectivity index (χ4n) is 4.73. The summed E-state index contributed by atoms with van der Waals surface area (Å²) in [5, 5.41) is 4.31. The predicted molar refractivity (Wildman–Crippen MR) is 106 cm³/mol. The zero-order valence-corrected chi connectivity index (χ0v) is 17.5. The van der Waals surface area contributed by atoms with E-state index in [1.54, 1.807) is 6.33 Å². The van der Waals surface area contributed by atoms with Crippen molar-refractivity contribution in [3.05, 3.63) is 12.2 Å². The van der Waals surface area contributed by atoms with Crippen LogP contribution in [0.4, 0.5) is 0 Å². The van der Waals surface area contributed by atoms with Gasteiger partial charge in [-0.1, -0.05) is 13.8 Å². The van der Waals surface area contributed by atoms with Crippen molar-refractivity contribution >= 4 is 5.91 Å². The van der Waals surface area contributed by atoms with Crippen molar-refractivity contribution in [3.63, 3.8) is 0 Å². The smallest absolute Gasteiger partial charge is 0.225 e. The largest absolute Gasteiger partial charge is 0.342 e. The van der Waals surface area contributed by atoms with Crippen molar-refractivity contribution < 1.29 is 4.79 Å². The van der Waals surface area contributed by atoms with Gasteiger partial charge in [0.05, 0.1) is 6.54 Å². The van der Waals surface area contributed by atoms with E-state index in [9.17, 15) is 4.79 Å². The Kier molecular flexibility index (Phi) is 6.52. The molecular weight excluding hydrogens is 340 g/mol. The number of piperazine rings is 1. The Labute approximate surface area is 163 Å². The van der Waals surface area contributed by atoms with Crippen LogP contribution in [-0.2, 0) is 17.9 Å². The minimum atomic E-state index is 0.181. The lowest BCUT2D eigenvalue weighted by Gasteiger charge is -2.53. The van der Waals surface area contributed by atoms with E-state index in [1.807, 2.05) is 4.68 Å². The molecule has 0 bridgehead atoms. The third kappa shape index (κ3) is 4.19. The fraction of sp³-hybridized carbons (Fsp3) is 0.850. The molecule has 3 heterocycles. The normalized spacial score (nSPS) is 21.3. The average molecular weight is 377 g/mol. The summed E-state index contributed by atoms with van der Waals surface area (Å²) in [4.78, 5) is 24.4. The molecule has 0 saturated carbocycles. The summed E-state index contributed by atoms with van der Waals surface area (Å²) in [6.45, 7) is 13.0. The lowest BCUT2D eigenvalue weighted by molar-refractivity contribution is -0.139. The molecular formula is C20H36N6O. The first-order chi connectivity index (χ1) is 13.0. The number of amides is 1. The maximum absolute atomic E-state index is 12.7. The first-order valence-electron chi connectivity index (χ1n) is 10.6. The molecule has 1 aromatic rings. The molecule has 1 aromatic heterocycles. The second-order valence-electron chi connectivity index (χ2n) is 8.19. The van der Waals surface area contributed by atoms with E-state index in [2.05, 4.69) is 52.6 Å². The van der Waals surface area contributed by atoms with Crippen LogP contribution in [0.15, 0.2) is 6.33 Å². The average Bonchev–Trinajstić information content (AvgIpc) is 3.13. The van der Waals surface area contributed by atoms with E-state index in [0.29, 0.717) is 5.91 Å². The maximum Gasteiger partial charge on any atom is 0.225 e. The summed E-state index contributed by atoms with van der Waals surface area (Å²) < 4.78 is 1.99. The molecule has 0 aliphatic carbocycles. The molecule has 27 heavy (non-hydrogen) atoms. The van der Waals surface area contributed by atoms with Gasteiger partial charge >= 0.3 is 0 Å². The van der Waals surface area contributed by atoms with Crippen LogP contribution in [0.2, 0.25) is 0 Å². The monoisotopic (exact) mass is 376 g/mol. The number of carbonyl (C=O) groups excluding carboxylic acids is 1. The van der Waals surface area contributed by atoms with Crippen LogP contribution in [0.1, 0.15) is 52.3 Å². The van der Waals surface area contributed by atoms with E-state index < -0.39 is 0 Å². The highest BCUT2D eigenvalue weighted by atomic mass is 16.2. The highest BCUT2D eigenvalue weighted by Crippen LogP contribution is 2.33. The van der Waals surface area contributed by atoms with E-state index >= 15 is 0 Å². The Morgan fingerprint density at radius 2 is 1.85 bits per heavy atom. The Morgan fingerprint density at radius 1 is 1.15 bits per heavy atom. The summed E-state index contributed by atoms with van der Waals surface area (Å²) in [6, 6.07) is 0. The first-order valence-corrected chi connectivity index (χ1v) is 10.6. The fourth-order valence-corrected chi connectivity index (χ4v) is 4.73. The lowest BCUT2D eigenvalue weighted by atomic mass is 9.83. The summed E-state index contributed by atoms with van der Waals surface area (Å²) in [6.07, 6.45) is 5.68. The number of hydrogen-bond acceptors (Lipinski definition) is 5.